The Kier molecular flexibility index (Phi) is 11.1. The molecule has 2 amide bonds. The second-order valence-electron chi connectivity index (χ2n) is 11.6. The van der Waals surface area contributed by atoms with Crippen molar-refractivity contribution in [2.45, 2.75) is 76.4 Å². The molecule has 232 valence electrons. The van der Waals surface area contributed by atoms with Crippen molar-refractivity contribution in [3.05, 3.63) is 24.0 Å². The van der Waals surface area contributed by atoms with Crippen LogP contribution in [0.2, 0.25) is 0 Å². The number of fused-ring (bicyclic) bond motifs is 1. The molecule has 4 fully saturated rings. The zero-order valence-corrected chi connectivity index (χ0v) is 24.0. The number of hydrogen-bond donors (Lipinski definition) is 3. The van der Waals surface area contributed by atoms with Crippen molar-refractivity contribution in [1.82, 2.24) is 9.80 Å². The lowest BCUT2D eigenvalue weighted by atomic mass is 9.80. The van der Waals surface area contributed by atoms with Gasteiger partial charge in [-0.25, -0.2) is 4.39 Å². The summed E-state index contributed by atoms with van der Waals surface area (Å²) >= 11 is 0. The Labute approximate surface area is 245 Å². The van der Waals surface area contributed by atoms with Gasteiger partial charge in [-0.05, 0) is 70.0 Å². The zero-order chi connectivity index (χ0) is 30.2. The van der Waals surface area contributed by atoms with Crippen molar-refractivity contribution in [3.8, 4) is 5.75 Å². The Hall–Kier alpha value is -3.25. The molecule has 5 rings (SSSR count). The van der Waals surface area contributed by atoms with E-state index in [2.05, 4.69) is 9.80 Å². The predicted molar refractivity (Wildman–Crippen MR) is 151 cm³/mol. The van der Waals surface area contributed by atoms with Gasteiger partial charge in [-0.2, -0.15) is 0 Å². The van der Waals surface area contributed by atoms with Crippen LogP contribution in [0.1, 0.15) is 64.2 Å². The highest BCUT2D eigenvalue weighted by atomic mass is 19.1. The molecule has 2 aliphatic heterocycles. The quantitative estimate of drug-likeness (QED) is 0.347. The molecule has 42 heavy (non-hydrogen) atoms. The number of piperazine rings is 1. The first kappa shape index (κ1) is 31.7. The summed E-state index contributed by atoms with van der Waals surface area (Å²) in [5.41, 5.74) is 0.838. The number of anilines is 1. The van der Waals surface area contributed by atoms with Gasteiger partial charge in [-0.1, -0.05) is 0 Å². The molecule has 2 heterocycles. The number of aliphatic hydroxyl groups is 1. The van der Waals surface area contributed by atoms with Crippen molar-refractivity contribution >= 4 is 29.4 Å². The summed E-state index contributed by atoms with van der Waals surface area (Å²) in [6.07, 6.45) is 6.07. The Bertz CT molecular complexity index is 1110. The van der Waals surface area contributed by atoms with Gasteiger partial charge >= 0.3 is 11.9 Å². The predicted octanol–water partition coefficient (Wildman–Crippen LogP) is 2.74. The van der Waals surface area contributed by atoms with E-state index >= 15 is 0 Å². The molecule has 3 atom stereocenters. The molecule has 2 saturated carbocycles. The maximum atomic E-state index is 14.0. The number of halogens is 1. The number of hydrogen-bond acceptors (Lipinski definition) is 8. The number of nitrogens with zero attached hydrogens (tertiary/aromatic N) is 3. The molecule has 1 aromatic carbocycles. The number of imide groups is 1. The third-order valence-electron chi connectivity index (χ3n) is 8.63. The van der Waals surface area contributed by atoms with Gasteiger partial charge in [0, 0.05) is 38.8 Å². The molecule has 3 unspecified atom stereocenters. The highest BCUT2D eigenvalue weighted by molar-refractivity contribution is 6.05. The molecule has 0 bridgehead atoms. The number of carbonyl (C=O) groups excluding carboxylic acids is 2. The fourth-order valence-corrected chi connectivity index (χ4v) is 6.35. The minimum absolute atomic E-state index is 0.0485. The van der Waals surface area contributed by atoms with Crippen LogP contribution in [0.3, 0.4) is 0 Å². The first-order chi connectivity index (χ1) is 20.1. The van der Waals surface area contributed by atoms with Gasteiger partial charge in [-0.3, -0.25) is 29.0 Å². The van der Waals surface area contributed by atoms with Gasteiger partial charge in [0.15, 0.2) is 0 Å². The van der Waals surface area contributed by atoms with Crippen LogP contribution in [0.4, 0.5) is 10.1 Å². The third kappa shape index (κ3) is 8.41. The van der Waals surface area contributed by atoms with E-state index < -0.39 is 18.0 Å². The molecular formula is C30H42FN3O8. The van der Waals surface area contributed by atoms with E-state index in [9.17, 15) is 28.7 Å². The molecule has 2 aliphatic carbocycles. The average Bonchev–Trinajstić information content (AvgIpc) is 3.56. The monoisotopic (exact) mass is 591 g/mol. The van der Waals surface area contributed by atoms with E-state index in [-0.39, 0.29) is 48.4 Å². The summed E-state index contributed by atoms with van der Waals surface area (Å²) in [5.74, 6) is -2.33. The molecule has 0 aromatic heterocycles. The summed E-state index contributed by atoms with van der Waals surface area (Å²) in [5, 5.41) is 25.7. The number of benzene rings is 1. The van der Waals surface area contributed by atoms with Crippen LogP contribution in [0.5, 0.6) is 5.75 Å². The number of carboxylic acids is 2. The van der Waals surface area contributed by atoms with Crippen LogP contribution in [0.25, 0.3) is 0 Å². The van der Waals surface area contributed by atoms with E-state index in [1.807, 2.05) is 0 Å². The molecular weight excluding hydrogens is 549 g/mol. The molecule has 12 heteroatoms. The van der Waals surface area contributed by atoms with Gasteiger partial charge < -0.3 is 25.0 Å². The summed E-state index contributed by atoms with van der Waals surface area (Å²) in [6, 6.07) is 4.82. The highest BCUT2D eigenvalue weighted by Crippen LogP contribution is 2.38. The van der Waals surface area contributed by atoms with Crippen molar-refractivity contribution in [2.24, 2.45) is 11.8 Å². The lowest BCUT2D eigenvalue weighted by molar-refractivity contribution is -0.143. The largest absolute Gasteiger partial charge is 0.488 e. The SMILES string of the molecule is O=C(O)CCC(=O)O.O=C1C2CCC(O)CC2C(=O)N1CCCN1CCN(c2cc(F)ccc2OC2CCCC2)CC1. The molecule has 0 spiro atoms. The fourth-order valence-electron chi connectivity index (χ4n) is 6.35. The van der Waals surface area contributed by atoms with Crippen LogP contribution in [-0.4, -0.2) is 100 Å². The number of aliphatic hydroxyl groups excluding tert-OH is 1. The molecule has 4 aliphatic rings. The third-order valence-corrected chi connectivity index (χ3v) is 8.63. The van der Waals surface area contributed by atoms with Crippen LogP contribution >= 0.6 is 0 Å². The van der Waals surface area contributed by atoms with E-state index in [0.29, 0.717) is 25.8 Å². The number of aliphatic carboxylic acids is 2. The maximum absolute atomic E-state index is 14.0. The zero-order valence-electron chi connectivity index (χ0n) is 24.0. The Morgan fingerprint density at radius 1 is 0.881 bits per heavy atom. The Morgan fingerprint density at radius 2 is 1.52 bits per heavy atom. The first-order valence-electron chi connectivity index (χ1n) is 15.0. The summed E-state index contributed by atoms with van der Waals surface area (Å²) in [7, 11) is 0. The van der Waals surface area contributed by atoms with Gasteiger partial charge in [0.25, 0.3) is 0 Å². The standard InChI is InChI=1S/C26H36FN3O4.C4H6O4/c27-18-6-9-24(34-20-4-1-2-5-20)23(16-18)29-14-12-28(13-15-29)10-3-11-30-25(32)21-8-7-19(31)17-22(21)26(30)33;5-3(6)1-2-4(7)8/h6,9,16,19-22,31H,1-5,7-8,10-15,17H2;1-2H2,(H,5,6)(H,7,8). The van der Waals surface area contributed by atoms with Crippen LogP contribution < -0.4 is 9.64 Å². The maximum Gasteiger partial charge on any atom is 0.303 e. The van der Waals surface area contributed by atoms with Crippen LogP contribution in [-0.2, 0) is 19.2 Å². The number of carbonyl (C=O) groups is 4. The van der Waals surface area contributed by atoms with E-state index in [4.69, 9.17) is 14.9 Å². The van der Waals surface area contributed by atoms with Gasteiger partial charge in [0.2, 0.25) is 11.8 Å². The molecule has 11 nitrogen and oxygen atoms in total. The summed E-state index contributed by atoms with van der Waals surface area (Å²) in [6.45, 7) is 4.53. The van der Waals surface area contributed by atoms with Crippen molar-refractivity contribution in [3.63, 3.8) is 0 Å². The van der Waals surface area contributed by atoms with Gasteiger partial charge in [-0.15, -0.1) is 0 Å². The van der Waals surface area contributed by atoms with Crippen molar-refractivity contribution in [2.75, 3.05) is 44.2 Å². The second-order valence-corrected chi connectivity index (χ2v) is 11.6. The molecule has 2 saturated heterocycles. The van der Waals surface area contributed by atoms with Crippen LogP contribution in [0.15, 0.2) is 18.2 Å². The van der Waals surface area contributed by atoms with Gasteiger partial charge in [0.1, 0.15) is 11.6 Å². The average molecular weight is 592 g/mol. The molecule has 3 N–H and O–H groups in total. The van der Waals surface area contributed by atoms with Crippen molar-refractivity contribution in [1.29, 1.82) is 0 Å². The molecule has 0 radical (unpaired) electrons. The highest BCUT2D eigenvalue weighted by Gasteiger charge is 2.49. The normalized spacial score (nSPS) is 24.8. The minimum atomic E-state index is -1.08. The van der Waals surface area contributed by atoms with Crippen LogP contribution in [0, 0.1) is 17.7 Å². The fraction of sp³-hybridized carbons (Fsp3) is 0.667. The number of ether oxygens (including phenoxy) is 1. The second kappa shape index (κ2) is 14.8. The first-order valence-corrected chi connectivity index (χ1v) is 15.0. The lowest BCUT2D eigenvalue weighted by Crippen LogP contribution is -2.47. The minimum Gasteiger partial charge on any atom is -0.488 e. The summed E-state index contributed by atoms with van der Waals surface area (Å²) in [4.78, 5) is 50.6. The Morgan fingerprint density at radius 3 is 2.17 bits per heavy atom. The summed E-state index contributed by atoms with van der Waals surface area (Å²) < 4.78 is 20.3. The van der Waals surface area contributed by atoms with E-state index in [1.165, 1.54) is 23.8 Å². The number of rotatable bonds is 10. The topological polar surface area (TPSA) is 148 Å². The van der Waals surface area contributed by atoms with E-state index in [1.54, 1.807) is 12.1 Å². The van der Waals surface area contributed by atoms with Crippen molar-refractivity contribution < 1.29 is 43.6 Å². The smallest absolute Gasteiger partial charge is 0.303 e. The molecule has 1 aromatic rings. The van der Waals surface area contributed by atoms with Gasteiger partial charge in [0.05, 0.1) is 42.6 Å². The number of carboxylic acid groups (broad SMARTS) is 2. The van der Waals surface area contributed by atoms with E-state index in [0.717, 1.165) is 63.4 Å². The number of amides is 2. The Balaban J connectivity index is 0.000000446. The lowest BCUT2D eigenvalue weighted by Gasteiger charge is -2.37. The number of likely N-dealkylation sites (tertiary alicyclic amines) is 1.